The standard InChI is InChI=1S/C14H13ClF3N3S/c1-2-19-13-20-11(14(16,17)18)7-12(21-13)22-8-9-3-5-10(15)6-4-9/h3-7H,2,8H2,1H3,(H,19,20,21). The summed E-state index contributed by atoms with van der Waals surface area (Å²) in [5.41, 5.74) is 0.00336. The Labute approximate surface area is 135 Å². The summed E-state index contributed by atoms with van der Waals surface area (Å²) in [6, 6.07) is 8.09. The molecule has 22 heavy (non-hydrogen) atoms. The summed E-state index contributed by atoms with van der Waals surface area (Å²) in [4.78, 5) is 7.57. The van der Waals surface area contributed by atoms with E-state index in [-0.39, 0.29) is 11.0 Å². The molecule has 0 fully saturated rings. The van der Waals surface area contributed by atoms with E-state index in [0.717, 1.165) is 11.6 Å². The molecular weight excluding hydrogens is 335 g/mol. The predicted molar refractivity (Wildman–Crippen MR) is 82.2 cm³/mol. The van der Waals surface area contributed by atoms with Crippen LogP contribution in [-0.2, 0) is 11.9 Å². The van der Waals surface area contributed by atoms with E-state index in [1.165, 1.54) is 11.8 Å². The zero-order valence-electron chi connectivity index (χ0n) is 11.6. The minimum absolute atomic E-state index is 0.0177. The highest BCUT2D eigenvalue weighted by Crippen LogP contribution is 2.31. The van der Waals surface area contributed by atoms with E-state index in [0.29, 0.717) is 17.3 Å². The smallest absolute Gasteiger partial charge is 0.354 e. The molecule has 0 amide bonds. The third kappa shape index (κ3) is 4.78. The minimum Gasteiger partial charge on any atom is -0.354 e. The first-order valence-electron chi connectivity index (χ1n) is 6.46. The molecule has 118 valence electrons. The fraction of sp³-hybridized carbons (Fsp3) is 0.286. The van der Waals surface area contributed by atoms with Crippen molar-refractivity contribution in [1.29, 1.82) is 0 Å². The van der Waals surface area contributed by atoms with Crippen molar-refractivity contribution in [3.05, 3.63) is 46.6 Å². The van der Waals surface area contributed by atoms with Gasteiger partial charge in [-0.25, -0.2) is 9.97 Å². The number of anilines is 1. The van der Waals surface area contributed by atoms with E-state index in [2.05, 4.69) is 15.3 Å². The molecule has 0 unspecified atom stereocenters. The molecule has 1 aromatic heterocycles. The number of thioether (sulfide) groups is 1. The van der Waals surface area contributed by atoms with Crippen molar-refractivity contribution < 1.29 is 13.2 Å². The highest BCUT2D eigenvalue weighted by atomic mass is 35.5. The number of aromatic nitrogens is 2. The minimum atomic E-state index is -4.50. The van der Waals surface area contributed by atoms with Crippen molar-refractivity contribution in [2.45, 2.75) is 23.9 Å². The average Bonchev–Trinajstić information content (AvgIpc) is 2.46. The third-order valence-electron chi connectivity index (χ3n) is 2.63. The molecule has 0 bridgehead atoms. The predicted octanol–water partition coefficient (Wildman–Crippen LogP) is 4.87. The second-order valence-electron chi connectivity index (χ2n) is 4.36. The molecule has 8 heteroatoms. The number of hydrogen-bond donors (Lipinski definition) is 1. The van der Waals surface area contributed by atoms with Gasteiger partial charge in [-0.2, -0.15) is 13.2 Å². The fourth-order valence-electron chi connectivity index (χ4n) is 1.62. The van der Waals surface area contributed by atoms with Crippen molar-refractivity contribution >= 4 is 29.3 Å². The Morgan fingerprint density at radius 2 is 1.86 bits per heavy atom. The van der Waals surface area contributed by atoms with Gasteiger partial charge < -0.3 is 5.32 Å². The van der Waals surface area contributed by atoms with Crippen molar-refractivity contribution in [2.75, 3.05) is 11.9 Å². The normalized spacial score (nSPS) is 11.5. The first-order valence-corrected chi connectivity index (χ1v) is 7.82. The molecule has 2 rings (SSSR count). The molecular formula is C14H13ClF3N3S. The maximum Gasteiger partial charge on any atom is 0.433 e. The second kappa shape index (κ2) is 7.19. The van der Waals surface area contributed by atoms with Crippen LogP contribution in [0.15, 0.2) is 35.4 Å². The van der Waals surface area contributed by atoms with Crippen LogP contribution in [0.5, 0.6) is 0 Å². The second-order valence-corrected chi connectivity index (χ2v) is 5.79. The lowest BCUT2D eigenvalue weighted by molar-refractivity contribution is -0.141. The van der Waals surface area contributed by atoms with E-state index in [9.17, 15) is 13.2 Å². The number of rotatable bonds is 5. The van der Waals surface area contributed by atoms with Gasteiger partial charge in [0.1, 0.15) is 5.03 Å². The van der Waals surface area contributed by atoms with E-state index >= 15 is 0 Å². The summed E-state index contributed by atoms with van der Waals surface area (Å²) in [5, 5.41) is 3.60. The number of halogens is 4. The summed E-state index contributed by atoms with van der Waals surface area (Å²) in [6.45, 7) is 2.22. The van der Waals surface area contributed by atoms with Crippen molar-refractivity contribution in [3.8, 4) is 0 Å². The number of nitrogens with one attached hydrogen (secondary N) is 1. The Bertz CT molecular complexity index is 632. The number of hydrogen-bond acceptors (Lipinski definition) is 4. The summed E-state index contributed by atoms with van der Waals surface area (Å²) in [7, 11) is 0. The quantitative estimate of drug-likeness (QED) is 0.618. The molecule has 1 N–H and O–H groups in total. The maximum absolute atomic E-state index is 12.9. The molecule has 0 aliphatic heterocycles. The Balaban J connectivity index is 2.18. The van der Waals surface area contributed by atoms with Gasteiger partial charge in [0.25, 0.3) is 0 Å². The Morgan fingerprint density at radius 3 is 2.45 bits per heavy atom. The Morgan fingerprint density at radius 1 is 1.18 bits per heavy atom. The molecule has 0 spiro atoms. The van der Waals surface area contributed by atoms with Gasteiger partial charge in [-0.1, -0.05) is 23.7 Å². The molecule has 0 atom stereocenters. The lowest BCUT2D eigenvalue weighted by Gasteiger charge is -2.10. The first kappa shape index (κ1) is 16.9. The number of benzene rings is 1. The molecule has 0 aliphatic carbocycles. The molecule has 1 aromatic carbocycles. The van der Waals surface area contributed by atoms with Crippen LogP contribution in [0.25, 0.3) is 0 Å². The van der Waals surface area contributed by atoms with Crippen LogP contribution in [0, 0.1) is 0 Å². The van der Waals surface area contributed by atoms with E-state index in [4.69, 9.17) is 11.6 Å². The number of alkyl halides is 3. The fourth-order valence-corrected chi connectivity index (χ4v) is 2.60. The summed E-state index contributed by atoms with van der Waals surface area (Å²) in [5.74, 6) is 0.479. The van der Waals surface area contributed by atoms with Gasteiger partial charge in [0.05, 0.1) is 0 Å². The zero-order chi connectivity index (χ0) is 16.2. The largest absolute Gasteiger partial charge is 0.433 e. The van der Waals surface area contributed by atoms with Crippen LogP contribution in [0.2, 0.25) is 5.02 Å². The maximum atomic E-state index is 12.9. The van der Waals surface area contributed by atoms with Crippen LogP contribution in [0.4, 0.5) is 19.1 Å². The lowest BCUT2D eigenvalue weighted by atomic mass is 10.2. The average molecular weight is 348 g/mol. The third-order valence-corrected chi connectivity index (χ3v) is 3.86. The Hall–Kier alpha value is -1.47. The van der Waals surface area contributed by atoms with Crippen LogP contribution >= 0.6 is 23.4 Å². The van der Waals surface area contributed by atoms with Gasteiger partial charge in [-0.05, 0) is 24.6 Å². The van der Waals surface area contributed by atoms with Crippen molar-refractivity contribution in [2.24, 2.45) is 0 Å². The van der Waals surface area contributed by atoms with Crippen LogP contribution < -0.4 is 5.32 Å². The number of nitrogens with zero attached hydrogens (tertiary/aromatic N) is 2. The van der Waals surface area contributed by atoms with Gasteiger partial charge in [0.15, 0.2) is 5.69 Å². The van der Waals surface area contributed by atoms with Gasteiger partial charge in [0.2, 0.25) is 5.95 Å². The summed E-state index contributed by atoms with van der Waals surface area (Å²) in [6.07, 6.45) is -4.50. The lowest BCUT2D eigenvalue weighted by Crippen LogP contribution is -2.12. The Kier molecular flexibility index (Phi) is 5.52. The zero-order valence-corrected chi connectivity index (χ0v) is 13.2. The molecule has 1 heterocycles. The van der Waals surface area contributed by atoms with Crippen molar-refractivity contribution in [1.82, 2.24) is 9.97 Å². The molecule has 0 aliphatic rings. The van der Waals surface area contributed by atoms with E-state index in [1.54, 1.807) is 19.1 Å². The summed E-state index contributed by atoms with van der Waals surface area (Å²) >= 11 is 7.01. The topological polar surface area (TPSA) is 37.8 Å². The molecule has 3 nitrogen and oxygen atoms in total. The van der Waals surface area contributed by atoms with Crippen LogP contribution in [0.1, 0.15) is 18.2 Å². The molecule has 0 radical (unpaired) electrons. The van der Waals surface area contributed by atoms with Gasteiger partial charge in [-0.15, -0.1) is 11.8 Å². The van der Waals surface area contributed by atoms with Gasteiger partial charge in [-0.3, -0.25) is 0 Å². The molecule has 2 aromatic rings. The molecule has 0 saturated heterocycles. The van der Waals surface area contributed by atoms with Crippen molar-refractivity contribution in [3.63, 3.8) is 0 Å². The van der Waals surface area contributed by atoms with Gasteiger partial charge >= 0.3 is 6.18 Å². The van der Waals surface area contributed by atoms with Crippen LogP contribution in [-0.4, -0.2) is 16.5 Å². The van der Waals surface area contributed by atoms with Crippen LogP contribution in [0.3, 0.4) is 0 Å². The monoisotopic (exact) mass is 347 g/mol. The van der Waals surface area contributed by atoms with E-state index in [1.807, 2.05) is 12.1 Å². The van der Waals surface area contributed by atoms with Gasteiger partial charge in [0, 0.05) is 23.4 Å². The highest BCUT2D eigenvalue weighted by molar-refractivity contribution is 7.98. The highest BCUT2D eigenvalue weighted by Gasteiger charge is 2.33. The molecule has 0 saturated carbocycles. The van der Waals surface area contributed by atoms with E-state index < -0.39 is 11.9 Å². The summed E-state index contributed by atoms with van der Waals surface area (Å²) < 4.78 is 38.6. The SMILES string of the molecule is CCNc1nc(SCc2ccc(Cl)cc2)cc(C(F)(F)F)n1. The first-order chi connectivity index (χ1) is 10.4.